The van der Waals surface area contributed by atoms with Gasteiger partial charge in [-0.3, -0.25) is 0 Å². The molecule has 160 valence electrons. The monoisotopic (exact) mass is 455 g/mol. The highest BCUT2D eigenvalue weighted by molar-refractivity contribution is 6.42. The summed E-state index contributed by atoms with van der Waals surface area (Å²) in [5.74, 6) is -1.56. The summed E-state index contributed by atoms with van der Waals surface area (Å²) in [7, 11) is 3.05. The van der Waals surface area contributed by atoms with E-state index in [-0.39, 0.29) is 6.54 Å². The summed E-state index contributed by atoms with van der Waals surface area (Å²) in [4.78, 5) is 28.5. The number of hydroxylamine groups is 1. The number of carboxylic acid groups (broad SMARTS) is 1. The number of carbonyl (C=O) groups excluding carboxylic acids is 1. The van der Waals surface area contributed by atoms with Crippen molar-refractivity contribution in [3.8, 4) is 17.2 Å². The van der Waals surface area contributed by atoms with E-state index in [1.807, 2.05) is 0 Å². The Bertz CT molecular complexity index is 966. The normalized spacial score (nSPS) is 15.6. The second kappa shape index (κ2) is 9.32. The highest BCUT2D eigenvalue weighted by atomic mass is 35.5. The second-order valence-corrected chi connectivity index (χ2v) is 7.25. The second-order valence-electron chi connectivity index (χ2n) is 6.44. The van der Waals surface area contributed by atoms with Crippen molar-refractivity contribution >= 4 is 40.8 Å². The molecule has 8 nitrogen and oxygen atoms in total. The van der Waals surface area contributed by atoms with Crippen molar-refractivity contribution < 1.29 is 33.7 Å². The van der Waals surface area contributed by atoms with E-state index in [1.165, 1.54) is 19.3 Å². The first-order valence-electron chi connectivity index (χ1n) is 8.91. The molecule has 0 saturated carbocycles. The molecule has 1 aliphatic heterocycles. The summed E-state index contributed by atoms with van der Waals surface area (Å²) in [5.41, 5.74) is 1.51. The Hall–Kier alpha value is -2.84. The zero-order valence-corrected chi connectivity index (χ0v) is 17.7. The molecule has 0 aromatic heterocycles. The van der Waals surface area contributed by atoms with Gasteiger partial charge < -0.3 is 24.2 Å². The molecular formula is C20H19Cl2NO7. The molecule has 2 aromatic rings. The number of aliphatic carboxylic acids is 1. The van der Waals surface area contributed by atoms with E-state index in [0.717, 1.165) is 5.56 Å². The van der Waals surface area contributed by atoms with Crippen LogP contribution in [0.4, 0.5) is 5.69 Å². The first kappa shape index (κ1) is 21.9. The molecule has 1 aliphatic rings. The van der Waals surface area contributed by atoms with Gasteiger partial charge in [0.2, 0.25) is 0 Å². The number of anilines is 1. The smallest absolute Gasteiger partial charge is 0.417 e. The Morgan fingerprint density at radius 1 is 1.07 bits per heavy atom. The Morgan fingerprint density at radius 3 is 2.40 bits per heavy atom. The molecule has 0 aliphatic carbocycles. The summed E-state index contributed by atoms with van der Waals surface area (Å²) < 4.78 is 15.9. The van der Waals surface area contributed by atoms with E-state index in [0.29, 0.717) is 45.8 Å². The van der Waals surface area contributed by atoms with E-state index >= 15 is 0 Å². The molecule has 0 saturated heterocycles. The van der Waals surface area contributed by atoms with Crippen molar-refractivity contribution in [3.63, 3.8) is 0 Å². The van der Waals surface area contributed by atoms with Gasteiger partial charge in [-0.2, -0.15) is 0 Å². The van der Waals surface area contributed by atoms with Gasteiger partial charge in [0.05, 0.1) is 36.5 Å². The summed E-state index contributed by atoms with van der Waals surface area (Å²) in [6.07, 6.45) is 0.165. The molecule has 3 rings (SSSR count). The summed E-state index contributed by atoms with van der Waals surface area (Å²) >= 11 is 12.1. The molecule has 0 spiro atoms. The maximum atomic E-state index is 11.6. The topological polar surface area (TPSA) is 94.5 Å². The van der Waals surface area contributed by atoms with Gasteiger partial charge >= 0.3 is 11.9 Å². The third kappa shape index (κ3) is 4.83. The van der Waals surface area contributed by atoms with Crippen molar-refractivity contribution in [1.29, 1.82) is 0 Å². The predicted molar refractivity (Wildman–Crippen MR) is 110 cm³/mol. The molecule has 0 fully saturated rings. The molecule has 0 bridgehead atoms. The molecule has 30 heavy (non-hydrogen) atoms. The van der Waals surface area contributed by atoms with Gasteiger partial charge in [-0.05, 0) is 36.6 Å². The summed E-state index contributed by atoms with van der Waals surface area (Å²) in [6.45, 7) is 0.0851. The van der Waals surface area contributed by atoms with Gasteiger partial charge in [0.15, 0.2) is 17.2 Å². The van der Waals surface area contributed by atoms with Crippen LogP contribution >= 0.6 is 23.2 Å². The van der Waals surface area contributed by atoms with Crippen LogP contribution in [0.3, 0.4) is 0 Å². The first-order valence-corrected chi connectivity index (χ1v) is 9.67. The number of methoxy groups -OCH3 is 2. The molecule has 0 radical (unpaired) electrons. The van der Waals surface area contributed by atoms with E-state index in [4.69, 9.17) is 47.4 Å². The third-order valence-corrected chi connectivity index (χ3v) is 5.25. The number of hydrogen-bond acceptors (Lipinski definition) is 7. The number of rotatable bonds is 5. The Labute approximate surface area is 182 Å². The average Bonchev–Trinajstić information content (AvgIpc) is 2.88. The minimum Gasteiger partial charge on any atom is -0.493 e. The number of halogens is 2. The van der Waals surface area contributed by atoms with Crippen LogP contribution in [0, 0.1) is 0 Å². The highest BCUT2D eigenvalue weighted by Crippen LogP contribution is 2.38. The Kier molecular flexibility index (Phi) is 6.79. The number of carbonyl (C=O) groups is 2. The fraction of sp³-hybridized carbons (Fsp3) is 0.300. The zero-order valence-electron chi connectivity index (χ0n) is 16.2. The van der Waals surface area contributed by atoms with Gasteiger partial charge in [0, 0.05) is 12.1 Å². The minimum atomic E-state index is -1.66. The fourth-order valence-electron chi connectivity index (χ4n) is 3.08. The number of aryl methyl sites for hydroxylation is 1. The van der Waals surface area contributed by atoms with E-state index in [1.54, 1.807) is 30.3 Å². The minimum absolute atomic E-state index is 0.0851. The van der Waals surface area contributed by atoms with Crippen molar-refractivity contribution in [2.24, 2.45) is 0 Å². The summed E-state index contributed by atoms with van der Waals surface area (Å²) in [6, 6.07) is 8.33. The van der Waals surface area contributed by atoms with E-state index < -0.39 is 18.0 Å². The van der Waals surface area contributed by atoms with Crippen molar-refractivity contribution in [2.75, 3.05) is 25.8 Å². The van der Waals surface area contributed by atoms with Crippen LogP contribution in [-0.2, 0) is 20.7 Å². The number of hydrogen-bond donors (Lipinski definition) is 1. The molecule has 1 N–H and O–H groups in total. The molecule has 2 aromatic carbocycles. The maximum absolute atomic E-state index is 11.6. The Balaban J connectivity index is 1.98. The highest BCUT2D eigenvalue weighted by Gasteiger charge is 2.29. The standard InChI is InChI=1S/C20H19Cl2NO7/c1-27-17-7-11-3-4-13(29-20(26)19(24)25)10-23(16(11)9-18(17)28-2)30-12-5-6-14(21)15(22)8-12/h5-9,13H,3-4,10H2,1-2H3,(H,24,25). The summed E-state index contributed by atoms with van der Waals surface area (Å²) in [5, 5.41) is 11.1. The molecule has 10 heteroatoms. The fourth-order valence-corrected chi connectivity index (χ4v) is 3.37. The largest absolute Gasteiger partial charge is 0.493 e. The van der Waals surface area contributed by atoms with Crippen LogP contribution in [-0.4, -0.2) is 43.9 Å². The van der Waals surface area contributed by atoms with Crippen LogP contribution in [0.25, 0.3) is 0 Å². The number of carboxylic acids is 1. The van der Waals surface area contributed by atoms with Crippen LogP contribution < -0.4 is 19.4 Å². The zero-order chi connectivity index (χ0) is 21.8. The molecule has 1 heterocycles. The lowest BCUT2D eigenvalue weighted by molar-refractivity contribution is -0.167. The molecular weight excluding hydrogens is 437 g/mol. The SMILES string of the molecule is COc1cc2c(cc1OC)N(Oc1ccc(Cl)c(Cl)c1)CC(OC(=O)C(=O)O)CC2. The lowest BCUT2D eigenvalue weighted by atomic mass is 10.1. The lowest BCUT2D eigenvalue weighted by Crippen LogP contribution is -2.37. The molecule has 1 atom stereocenters. The van der Waals surface area contributed by atoms with Gasteiger partial charge in [0.1, 0.15) is 6.10 Å². The van der Waals surface area contributed by atoms with E-state index in [2.05, 4.69) is 0 Å². The number of benzene rings is 2. The number of esters is 1. The van der Waals surface area contributed by atoms with Crippen molar-refractivity contribution in [1.82, 2.24) is 0 Å². The maximum Gasteiger partial charge on any atom is 0.417 e. The average molecular weight is 456 g/mol. The van der Waals surface area contributed by atoms with Crippen LogP contribution in [0.5, 0.6) is 17.2 Å². The molecule has 0 amide bonds. The quantitative estimate of drug-likeness (QED) is 0.537. The third-order valence-electron chi connectivity index (χ3n) is 4.51. The number of fused-ring (bicyclic) bond motifs is 1. The van der Waals surface area contributed by atoms with Gasteiger partial charge in [-0.15, -0.1) is 0 Å². The van der Waals surface area contributed by atoms with Crippen molar-refractivity contribution in [3.05, 3.63) is 45.9 Å². The first-order chi connectivity index (χ1) is 14.3. The lowest BCUT2D eigenvalue weighted by Gasteiger charge is -2.27. The Morgan fingerprint density at radius 2 is 1.77 bits per heavy atom. The van der Waals surface area contributed by atoms with Gasteiger partial charge in [-0.25, -0.2) is 14.7 Å². The molecule has 1 unspecified atom stereocenters. The number of ether oxygens (including phenoxy) is 3. The number of nitrogens with zero attached hydrogens (tertiary/aromatic N) is 1. The van der Waals surface area contributed by atoms with Gasteiger partial charge in [-0.1, -0.05) is 23.2 Å². The van der Waals surface area contributed by atoms with Crippen LogP contribution in [0.1, 0.15) is 12.0 Å². The van der Waals surface area contributed by atoms with Crippen LogP contribution in [0.15, 0.2) is 30.3 Å². The predicted octanol–water partition coefficient (Wildman–Crippen LogP) is 3.75. The van der Waals surface area contributed by atoms with Crippen LogP contribution in [0.2, 0.25) is 10.0 Å². The van der Waals surface area contributed by atoms with E-state index in [9.17, 15) is 9.59 Å². The van der Waals surface area contributed by atoms with Gasteiger partial charge in [0.25, 0.3) is 0 Å². The van der Waals surface area contributed by atoms with Crippen molar-refractivity contribution in [2.45, 2.75) is 18.9 Å².